The molecule has 1 fully saturated rings. The number of para-hydroxylation sites is 1. The van der Waals surface area contributed by atoms with Gasteiger partial charge in [-0.15, -0.1) is 0 Å². The van der Waals surface area contributed by atoms with E-state index in [1.165, 1.54) is 12.1 Å². The summed E-state index contributed by atoms with van der Waals surface area (Å²) < 4.78 is 38.6. The normalized spacial score (nSPS) is 17.1. The van der Waals surface area contributed by atoms with E-state index >= 15 is 0 Å². The highest BCUT2D eigenvalue weighted by Crippen LogP contribution is 2.41. The number of carbonyl (C=O) groups is 1. The predicted molar refractivity (Wildman–Crippen MR) is 64.2 cm³/mol. The number of anilines is 1. The summed E-state index contributed by atoms with van der Waals surface area (Å²) in [6.07, 6.45) is -3.20. The van der Waals surface area contributed by atoms with Crippen LogP contribution in [0.15, 0.2) is 18.2 Å². The molecule has 3 nitrogen and oxygen atoms in total. The molecule has 1 aliphatic carbocycles. The standard InChI is InChI=1S/C12H11ClF3NO2/c13-8-3-1-2-7(12(14,15)16)10(8)17-9(11(18)19)6-4-5-6/h1-3,6,9,17H,4-5H2,(H,18,19). The van der Waals surface area contributed by atoms with Crippen LogP contribution in [0.4, 0.5) is 18.9 Å². The highest BCUT2D eigenvalue weighted by atomic mass is 35.5. The van der Waals surface area contributed by atoms with Gasteiger partial charge in [-0.2, -0.15) is 13.2 Å². The quantitative estimate of drug-likeness (QED) is 0.891. The van der Waals surface area contributed by atoms with Crippen molar-refractivity contribution in [2.75, 3.05) is 5.32 Å². The van der Waals surface area contributed by atoms with Gasteiger partial charge in [0.15, 0.2) is 0 Å². The lowest BCUT2D eigenvalue weighted by atomic mass is 10.1. The molecular weight excluding hydrogens is 283 g/mol. The van der Waals surface area contributed by atoms with E-state index < -0.39 is 23.8 Å². The van der Waals surface area contributed by atoms with E-state index in [0.29, 0.717) is 12.8 Å². The molecule has 0 amide bonds. The van der Waals surface area contributed by atoms with Crippen molar-refractivity contribution in [1.29, 1.82) is 0 Å². The van der Waals surface area contributed by atoms with E-state index in [1.807, 2.05) is 0 Å². The number of carboxylic acids is 1. The lowest BCUT2D eigenvalue weighted by Crippen LogP contribution is -2.32. The second-order valence-electron chi connectivity index (χ2n) is 4.46. The van der Waals surface area contributed by atoms with Crippen molar-refractivity contribution in [2.24, 2.45) is 5.92 Å². The lowest BCUT2D eigenvalue weighted by Gasteiger charge is -2.20. The monoisotopic (exact) mass is 293 g/mol. The molecule has 104 valence electrons. The predicted octanol–water partition coefficient (Wildman–Crippen LogP) is 3.63. The fourth-order valence-electron chi connectivity index (χ4n) is 1.87. The molecule has 19 heavy (non-hydrogen) atoms. The first kappa shape index (κ1) is 14.0. The molecule has 1 aliphatic rings. The minimum absolute atomic E-state index is 0.137. The smallest absolute Gasteiger partial charge is 0.418 e. The minimum Gasteiger partial charge on any atom is -0.480 e. The van der Waals surface area contributed by atoms with Crippen molar-refractivity contribution in [3.05, 3.63) is 28.8 Å². The molecular formula is C12H11ClF3NO2. The van der Waals surface area contributed by atoms with E-state index in [-0.39, 0.29) is 16.6 Å². The summed E-state index contributed by atoms with van der Waals surface area (Å²) in [6, 6.07) is 2.31. The van der Waals surface area contributed by atoms with Crippen LogP contribution in [0.3, 0.4) is 0 Å². The maximum Gasteiger partial charge on any atom is 0.418 e. The van der Waals surface area contributed by atoms with Crippen LogP contribution in [-0.2, 0) is 11.0 Å². The van der Waals surface area contributed by atoms with Gasteiger partial charge in [-0.25, -0.2) is 4.79 Å². The van der Waals surface area contributed by atoms with Crippen LogP contribution in [0.1, 0.15) is 18.4 Å². The summed E-state index contributed by atoms with van der Waals surface area (Å²) >= 11 is 5.75. The maximum atomic E-state index is 12.9. The van der Waals surface area contributed by atoms with E-state index in [2.05, 4.69) is 5.32 Å². The molecule has 2 rings (SSSR count). The highest BCUT2D eigenvalue weighted by Gasteiger charge is 2.39. The van der Waals surface area contributed by atoms with E-state index in [1.54, 1.807) is 0 Å². The first-order valence-electron chi connectivity index (χ1n) is 5.65. The Morgan fingerprint density at radius 1 is 1.42 bits per heavy atom. The SMILES string of the molecule is O=C(O)C(Nc1c(Cl)cccc1C(F)(F)F)C1CC1. The van der Waals surface area contributed by atoms with Crippen molar-refractivity contribution in [3.63, 3.8) is 0 Å². The van der Waals surface area contributed by atoms with Gasteiger partial charge in [-0.05, 0) is 30.9 Å². The van der Waals surface area contributed by atoms with Crippen LogP contribution in [0, 0.1) is 5.92 Å². The van der Waals surface area contributed by atoms with Gasteiger partial charge in [0, 0.05) is 0 Å². The van der Waals surface area contributed by atoms with Crippen LogP contribution >= 0.6 is 11.6 Å². The summed E-state index contributed by atoms with van der Waals surface area (Å²) in [5.74, 6) is -1.31. The number of benzene rings is 1. The van der Waals surface area contributed by atoms with E-state index in [0.717, 1.165) is 6.07 Å². The van der Waals surface area contributed by atoms with Gasteiger partial charge in [0.05, 0.1) is 16.3 Å². The summed E-state index contributed by atoms with van der Waals surface area (Å²) in [5.41, 5.74) is -1.32. The van der Waals surface area contributed by atoms with Crippen molar-refractivity contribution in [2.45, 2.75) is 25.1 Å². The third kappa shape index (κ3) is 3.12. The van der Waals surface area contributed by atoms with Crippen molar-refractivity contribution in [1.82, 2.24) is 0 Å². The van der Waals surface area contributed by atoms with Gasteiger partial charge in [0.25, 0.3) is 0 Å². The molecule has 0 aliphatic heterocycles. The third-order valence-electron chi connectivity index (χ3n) is 2.98. The molecule has 1 unspecified atom stereocenters. The molecule has 0 heterocycles. The Bertz CT molecular complexity index is 500. The Labute approximate surface area is 112 Å². The van der Waals surface area contributed by atoms with Crippen LogP contribution in [0.2, 0.25) is 5.02 Å². The number of rotatable bonds is 4. The summed E-state index contributed by atoms with van der Waals surface area (Å²) in [6.45, 7) is 0. The molecule has 0 spiro atoms. The van der Waals surface area contributed by atoms with Crippen molar-refractivity contribution < 1.29 is 23.1 Å². The molecule has 7 heteroatoms. The van der Waals surface area contributed by atoms with Gasteiger partial charge < -0.3 is 10.4 Å². The molecule has 1 atom stereocenters. The fraction of sp³-hybridized carbons (Fsp3) is 0.417. The Kier molecular flexibility index (Phi) is 3.62. The number of nitrogens with one attached hydrogen (secondary N) is 1. The van der Waals surface area contributed by atoms with Crippen LogP contribution in [0.25, 0.3) is 0 Å². The third-order valence-corrected chi connectivity index (χ3v) is 3.29. The van der Waals surface area contributed by atoms with Gasteiger partial charge in [-0.1, -0.05) is 17.7 Å². The number of halogens is 4. The Balaban J connectivity index is 2.35. The first-order valence-corrected chi connectivity index (χ1v) is 6.03. The van der Waals surface area contributed by atoms with Crippen LogP contribution < -0.4 is 5.32 Å². The number of alkyl halides is 3. The van der Waals surface area contributed by atoms with E-state index in [9.17, 15) is 18.0 Å². The maximum absolute atomic E-state index is 12.9. The molecule has 1 saturated carbocycles. The van der Waals surface area contributed by atoms with Gasteiger partial charge in [-0.3, -0.25) is 0 Å². The summed E-state index contributed by atoms with van der Waals surface area (Å²) in [7, 11) is 0. The molecule has 1 aromatic rings. The Morgan fingerprint density at radius 3 is 2.53 bits per heavy atom. The van der Waals surface area contributed by atoms with Gasteiger partial charge >= 0.3 is 12.1 Å². The molecule has 0 radical (unpaired) electrons. The average Bonchev–Trinajstić information content (AvgIpc) is 3.09. The highest BCUT2D eigenvalue weighted by molar-refractivity contribution is 6.33. The Morgan fingerprint density at radius 2 is 2.05 bits per heavy atom. The molecule has 2 N–H and O–H groups in total. The number of carboxylic acid groups (broad SMARTS) is 1. The van der Waals surface area contributed by atoms with Crippen molar-refractivity contribution in [3.8, 4) is 0 Å². The number of hydrogen-bond donors (Lipinski definition) is 2. The molecule has 1 aromatic carbocycles. The zero-order valence-electron chi connectivity index (χ0n) is 9.67. The summed E-state index contributed by atoms with van der Waals surface area (Å²) in [5, 5.41) is 11.3. The van der Waals surface area contributed by atoms with Crippen LogP contribution in [0.5, 0.6) is 0 Å². The van der Waals surface area contributed by atoms with Crippen LogP contribution in [-0.4, -0.2) is 17.1 Å². The fourth-order valence-corrected chi connectivity index (χ4v) is 2.10. The number of hydrogen-bond acceptors (Lipinski definition) is 2. The van der Waals surface area contributed by atoms with Gasteiger partial charge in [0.1, 0.15) is 6.04 Å². The van der Waals surface area contributed by atoms with E-state index in [4.69, 9.17) is 16.7 Å². The van der Waals surface area contributed by atoms with Crippen molar-refractivity contribution >= 4 is 23.3 Å². The molecule has 0 bridgehead atoms. The first-order chi connectivity index (χ1) is 8.80. The minimum atomic E-state index is -4.58. The number of aliphatic carboxylic acids is 1. The molecule has 0 saturated heterocycles. The second-order valence-corrected chi connectivity index (χ2v) is 4.87. The van der Waals surface area contributed by atoms with Gasteiger partial charge in [0.2, 0.25) is 0 Å². The lowest BCUT2D eigenvalue weighted by molar-refractivity contribution is -0.139. The molecule has 0 aromatic heterocycles. The largest absolute Gasteiger partial charge is 0.480 e. The second kappa shape index (κ2) is 4.92. The zero-order valence-corrected chi connectivity index (χ0v) is 10.4. The Hall–Kier alpha value is -1.43. The average molecular weight is 294 g/mol. The topological polar surface area (TPSA) is 49.3 Å². The zero-order chi connectivity index (χ0) is 14.2. The summed E-state index contributed by atoms with van der Waals surface area (Å²) in [4.78, 5) is 11.1.